The van der Waals surface area contributed by atoms with E-state index in [2.05, 4.69) is 92.7 Å². The van der Waals surface area contributed by atoms with E-state index >= 15 is 0 Å². The van der Waals surface area contributed by atoms with Crippen molar-refractivity contribution in [2.45, 2.75) is 19.8 Å². The summed E-state index contributed by atoms with van der Waals surface area (Å²) in [5, 5.41) is 5.38. The SMILES string of the molecule is CC(C)c1ccc2c(c1)sc1c3ccc(-c4ccc5ccccc5c4)cc3sc21. The van der Waals surface area contributed by atoms with Crippen LogP contribution >= 0.6 is 22.7 Å². The van der Waals surface area contributed by atoms with Gasteiger partial charge in [0, 0.05) is 20.2 Å². The number of hydrogen-bond acceptors (Lipinski definition) is 2. The molecule has 0 nitrogen and oxygen atoms in total. The first-order valence-corrected chi connectivity index (χ1v) is 11.7. The number of thiophene rings is 2. The Kier molecular flexibility index (Phi) is 3.80. The van der Waals surface area contributed by atoms with Crippen molar-refractivity contribution in [3.8, 4) is 11.1 Å². The molecular formula is C27H20S2. The number of fused-ring (bicyclic) bond motifs is 6. The maximum Gasteiger partial charge on any atom is 0.0542 e. The zero-order valence-electron chi connectivity index (χ0n) is 16.4. The molecule has 0 aliphatic rings. The van der Waals surface area contributed by atoms with Crippen LogP contribution in [0.3, 0.4) is 0 Å². The monoisotopic (exact) mass is 408 g/mol. The molecule has 4 aromatic carbocycles. The fourth-order valence-corrected chi connectivity index (χ4v) is 6.92. The molecule has 0 N–H and O–H groups in total. The molecule has 0 saturated carbocycles. The van der Waals surface area contributed by atoms with E-state index < -0.39 is 0 Å². The summed E-state index contributed by atoms with van der Waals surface area (Å²) in [5.41, 5.74) is 4.01. The van der Waals surface area contributed by atoms with Crippen LogP contribution < -0.4 is 0 Å². The summed E-state index contributed by atoms with van der Waals surface area (Å²) in [6, 6.07) is 29.3. The Morgan fingerprint density at radius 2 is 1.21 bits per heavy atom. The van der Waals surface area contributed by atoms with Gasteiger partial charge in [0.05, 0.1) is 9.40 Å². The van der Waals surface area contributed by atoms with Crippen LogP contribution in [0.2, 0.25) is 0 Å². The summed E-state index contributed by atoms with van der Waals surface area (Å²) in [6.45, 7) is 4.53. The van der Waals surface area contributed by atoms with Gasteiger partial charge in [-0.3, -0.25) is 0 Å². The lowest BCUT2D eigenvalue weighted by atomic mass is 10.0. The smallest absolute Gasteiger partial charge is 0.0542 e. The fourth-order valence-electron chi connectivity index (χ4n) is 4.18. The number of benzene rings is 4. The summed E-state index contributed by atoms with van der Waals surface area (Å²) < 4.78 is 5.67. The molecule has 0 unspecified atom stereocenters. The Bertz CT molecular complexity index is 1530. The molecule has 2 heterocycles. The summed E-state index contributed by atoms with van der Waals surface area (Å²) >= 11 is 3.88. The van der Waals surface area contributed by atoms with E-state index in [1.807, 2.05) is 22.7 Å². The highest BCUT2D eigenvalue weighted by Crippen LogP contribution is 2.45. The molecule has 0 bridgehead atoms. The van der Waals surface area contributed by atoms with Crippen molar-refractivity contribution in [3.63, 3.8) is 0 Å². The zero-order chi connectivity index (χ0) is 19.5. The molecule has 0 spiro atoms. The molecule has 0 saturated heterocycles. The second-order valence-electron chi connectivity index (χ2n) is 8.05. The third-order valence-electron chi connectivity index (χ3n) is 5.86. The second kappa shape index (κ2) is 6.41. The van der Waals surface area contributed by atoms with Gasteiger partial charge in [0.25, 0.3) is 0 Å². The molecule has 0 aliphatic heterocycles. The van der Waals surface area contributed by atoms with Crippen molar-refractivity contribution >= 4 is 63.0 Å². The lowest BCUT2D eigenvalue weighted by Crippen LogP contribution is -1.84. The third kappa shape index (κ3) is 2.71. The molecule has 2 heteroatoms. The van der Waals surface area contributed by atoms with E-state index in [1.54, 1.807) is 0 Å². The van der Waals surface area contributed by atoms with Gasteiger partial charge in [-0.1, -0.05) is 74.5 Å². The molecule has 2 aromatic heterocycles. The maximum atomic E-state index is 2.38. The van der Waals surface area contributed by atoms with Crippen LogP contribution in [0, 0.1) is 0 Å². The summed E-state index contributed by atoms with van der Waals surface area (Å²) in [6.07, 6.45) is 0. The Morgan fingerprint density at radius 3 is 1.97 bits per heavy atom. The Balaban J connectivity index is 1.52. The highest BCUT2D eigenvalue weighted by atomic mass is 32.1. The van der Waals surface area contributed by atoms with Gasteiger partial charge >= 0.3 is 0 Å². The molecule has 140 valence electrons. The van der Waals surface area contributed by atoms with E-state index in [0.717, 1.165) is 0 Å². The normalized spacial score (nSPS) is 12.1. The van der Waals surface area contributed by atoms with Gasteiger partial charge in [-0.2, -0.15) is 0 Å². The Labute approximate surface area is 178 Å². The Morgan fingerprint density at radius 1 is 0.586 bits per heavy atom. The van der Waals surface area contributed by atoms with Crippen molar-refractivity contribution in [1.29, 1.82) is 0 Å². The van der Waals surface area contributed by atoms with Crippen LogP contribution in [0.1, 0.15) is 25.3 Å². The number of hydrogen-bond donors (Lipinski definition) is 0. The quantitative estimate of drug-likeness (QED) is 0.268. The minimum absolute atomic E-state index is 0.570. The van der Waals surface area contributed by atoms with Crippen LogP contribution in [-0.4, -0.2) is 0 Å². The highest BCUT2D eigenvalue weighted by molar-refractivity contribution is 7.36. The Hall–Kier alpha value is -2.68. The first kappa shape index (κ1) is 17.2. The van der Waals surface area contributed by atoms with E-state index in [1.165, 1.54) is 57.0 Å². The first-order valence-electron chi connectivity index (χ1n) is 10.1. The largest absolute Gasteiger partial charge is 0.134 e. The molecule has 29 heavy (non-hydrogen) atoms. The first-order chi connectivity index (χ1) is 14.2. The summed E-state index contributed by atoms with van der Waals surface area (Å²) in [5.74, 6) is 0.570. The van der Waals surface area contributed by atoms with Gasteiger partial charge in [0.2, 0.25) is 0 Å². The second-order valence-corrected chi connectivity index (χ2v) is 10.1. The van der Waals surface area contributed by atoms with Gasteiger partial charge in [-0.25, -0.2) is 0 Å². The van der Waals surface area contributed by atoms with Gasteiger partial charge in [0.15, 0.2) is 0 Å². The summed E-state index contributed by atoms with van der Waals surface area (Å²) in [7, 11) is 0. The van der Waals surface area contributed by atoms with Crippen LogP contribution in [0.15, 0.2) is 78.9 Å². The minimum Gasteiger partial charge on any atom is -0.134 e. The molecule has 0 aliphatic carbocycles. The van der Waals surface area contributed by atoms with Crippen LogP contribution in [0.5, 0.6) is 0 Å². The van der Waals surface area contributed by atoms with Gasteiger partial charge in [0.1, 0.15) is 0 Å². The molecule has 0 amide bonds. The standard InChI is InChI=1S/C27H20S2/c1-16(2)18-9-11-22-24(14-18)28-27-23-12-10-21(15-25(23)29-26(22)27)20-8-7-17-5-3-4-6-19(17)13-20/h3-16H,1-2H3. The average molecular weight is 409 g/mol. The van der Waals surface area contributed by atoms with Crippen molar-refractivity contribution in [3.05, 3.63) is 84.4 Å². The predicted molar refractivity (Wildman–Crippen MR) is 132 cm³/mol. The van der Waals surface area contributed by atoms with Crippen molar-refractivity contribution in [1.82, 2.24) is 0 Å². The molecule has 0 fully saturated rings. The number of rotatable bonds is 2. The molecule has 6 rings (SSSR count). The van der Waals surface area contributed by atoms with E-state index in [4.69, 9.17) is 0 Å². The molecule has 6 aromatic rings. The molecular weight excluding hydrogens is 388 g/mol. The van der Waals surface area contributed by atoms with E-state index in [-0.39, 0.29) is 0 Å². The van der Waals surface area contributed by atoms with Crippen LogP contribution in [0.4, 0.5) is 0 Å². The lowest BCUT2D eigenvalue weighted by molar-refractivity contribution is 0.869. The predicted octanol–water partition coefficient (Wildman–Crippen LogP) is 9.21. The van der Waals surface area contributed by atoms with Crippen LogP contribution in [-0.2, 0) is 0 Å². The molecule has 0 radical (unpaired) electrons. The van der Waals surface area contributed by atoms with Crippen molar-refractivity contribution in [2.24, 2.45) is 0 Å². The zero-order valence-corrected chi connectivity index (χ0v) is 18.0. The van der Waals surface area contributed by atoms with Crippen molar-refractivity contribution < 1.29 is 0 Å². The van der Waals surface area contributed by atoms with Gasteiger partial charge in [-0.05, 0) is 51.6 Å². The maximum absolute atomic E-state index is 2.38. The topological polar surface area (TPSA) is 0 Å². The summed E-state index contributed by atoms with van der Waals surface area (Å²) in [4.78, 5) is 0. The van der Waals surface area contributed by atoms with Crippen molar-refractivity contribution in [2.75, 3.05) is 0 Å². The highest BCUT2D eigenvalue weighted by Gasteiger charge is 2.14. The lowest BCUT2D eigenvalue weighted by Gasteiger charge is -2.05. The van der Waals surface area contributed by atoms with E-state index in [9.17, 15) is 0 Å². The van der Waals surface area contributed by atoms with Crippen LogP contribution in [0.25, 0.3) is 51.5 Å². The van der Waals surface area contributed by atoms with E-state index in [0.29, 0.717) is 5.92 Å². The average Bonchev–Trinajstić information content (AvgIpc) is 3.28. The van der Waals surface area contributed by atoms with Gasteiger partial charge < -0.3 is 0 Å². The fraction of sp³-hybridized carbons (Fsp3) is 0.111. The molecule has 0 atom stereocenters. The van der Waals surface area contributed by atoms with Gasteiger partial charge in [-0.15, -0.1) is 22.7 Å². The minimum atomic E-state index is 0.570. The third-order valence-corrected chi connectivity index (χ3v) is 8.36.